The molecule has 2 N–H and O–H groups in total. The molecule has 0 bridgehead atoms. The highest BCUT2D eigenvalue weighted by Gasteiger charge is 2.16. The highest BCUT2D eigenvalue weighted by molar-refractivity contribution is 7.18. The van der Waals surface area contributed by atoms with Crippen LogP contribution in [-0.4, -0.2) is 30.3 Å². The zero-order chi connectivity index (χ0) is 15.5. The largest absolute Gasteiger partial charge is 0.379 e. The molecule has 1 saturated heterocycles. The Kier molecular flexibility index (Phi) is 4.59. The van der Waals surface area contributed by atoms with Gasteiger partial charge in [-0.1, -0.05) is 13.8 Å². The number of amides is 2. The van der Waals surface area contributed by atoms with E-state index in [-0.39, 0.29) is 12.1 Å². The Morgan fingerprint density at radius 2 is 2.32 bits per heavy atom. The van der Waals surface area contributed by atoms with Gasteiger partial charge in [0.1, 0.15) is 0 Å². The van der Waals surface area contributed by atoms with Gasteiger partial charge in [-0.3, -0.25) is 0 Å². The molecule has 0 saturated carbocycles. The van der Waals surface area contributed by atoms with Crippen molar-refractivity contribution in [2.45, 2.75) is 38.6 Å². The highest BCUT2D eigenvalue weighted by Crippen LogP contribution is 2.29. The van der Waals surface area contributed by atoms with Crippen LogP contribution in [0, 0.1) is 0 Å². The number of fused-ring (bicyclic) bond motifs is 1. The maximum absolute atomic E-state index is 12.0. The normalized spacial score (nSPS) is 18.6. The summed E-state index contributed by atoms with van der Waals surface area (Å²) in [5, 5.41) is 6.97. The Balaban J connectivity index is 1.66. The summed E-state index contributed by atoms with van der Waals surface area (Å²) < 4.78 is 6.47. The molecular formula is C16H21N3O2S. The summed E-state index contributed by atoms with van der Waals surface area (Å²) in [4.78, 5) is 16.6. The van der Waals surface area contributed by atoms with Crippen molar-refractivity contribution in [1.29, 1.82) is 0 Å². The number of nitrogens with one attached hydrogen (secondary N) is 2. The third-order valence-corrected chi connectivity index (χ3v) is 4.97. The number of hydrogen-bond acceptors (Lipinski definition) is 4. The summed E-state index contributed by atoms with van der Waals surface area (Å²) in [5.41, 5.74) is 1.78. The molecule has 6 heteroatoms. The van der Waals surface area contributed by atoms with E-state index in [9.17, 15) is 4.79 Å². The van der Waals surface area contributed by atoms with Crippen LogP contribution in [0.1, 0.15) is 37.6 Å². The first-order valence-electron chi connectivity index (χ1n) is 7.67. The number of anilines is 1. The Bertz CT molecular complexity index is 662. The van der Waals surface area contributed by atoms with E-state index >= 15 is 0 Å². The van der Waals surface area contributed by atoms with Gasteiger partial charge in [0, 0.05) is 18.2 Å². The minimum Gasteiger partial charge on any atom is -0.379 e. The summed E-state index contributed by atoms with van der Waals surface area (Å²) >= 11 is 1.68. The smallest absolute Gasteiger partial charge is 0.319 e. The van der Waals surface area contributed by atoms with Gasteiger partial charge in [0.05, 0.1) is 27.9 Å². The van der Waals surface area contributed by atoms with Crippen LogP contribution in [0.2, 0.25) is 0 Å². The molecule has 2 aromatic rings. The molecule has 3 rings (SSSR count). The number of hydrogen-bond donors (Lipinski definition) is 2. The molecule has 1 aromatic carbocycles. The van der Waals surface area contributed by atoms with Crippen LogP contribution < -0.4 is 10.6 Å². The number of ether oxygens (including phenoxy) is 1. The second-order valence-corrected chi connectivity index (χ2v) is 6.96. The molecule has 0 aliphatic carbocycles. The van der Waals surface area contributed by atoms with Gasteiger partial charge < -0.3 is 15.4 Å². The van der Waals surface area contributed by atoms with Gasteiger partial charge in [-0.05, 0) is 31.0 Å². The number of urea groups is 1. The summed E-state index contributed by atoms with van der Waals surface area (Å²) in [6, 6.07) is 5.76. The molecule has 1 aliphatic rings. The first-order chi connectivity index (χ1) is 10.6. The molecule has 1 fully saturated rings. The van der Waals surface area contributed by atoms with Gasteiger partial charge in [0.15, 0.2) is 0 Å². The quantitative estimate of drug-likeness (QED) is 0.906. The number of benzene rings is 1. The van der Waals surface area contributed by atoms with Crippen molar-refractivity contribution in [2.75, 3.05) is 18.5 Å². The molecule has 1 aromatic heterocycles. The Labute approximate surface area is 134 Å². The van der Waals surface area contributed by atoms with Crippen molar-refractivity contribution in [3.05, 3.63) is 23.2 Å². The van der Waals surface area contributed by atoms with Crippen molar-refractivity contribution < 1.29 is 9.53 Å². The van der Waals surface area contributed by atoms with Gasteiger partial charge >= 0.3 is 6.03 Å². The number of carbonyl (C=O) groups excluding carboxylic acids is 1. The SMILES string of the molecule is CC(C)c1nc2ccc(NC(=O)N[C@H]3CCCOC3)cc2s1. The number of thiazole rings is 1. The van der Waals surface area contributed by atoms with Gasteiger partial charge in [-0.2, -0.15) is 0 Å². The van der Waals surface area contributed by atoms with E-state index in [0.29, 0.717) is 12.5 Å². The van der Waals surface area contributed by atoms with Crippen LogP contribution in [0.25, 0.3) is 10.2 Å². The van der Waals surface area contributed by atoms with E-state index in [1.807, 2.05) is 18.2 Å². The fourth-order valence-corrected chi connectivity index (χ4v) is 3.48. The predicted molar refractivity (Wildman–Crippen MR) is 89.7 cm³/mol. The van der Waals surface area contributed by atoms with Gasteiger partial charge in [0.25, 0.3) is 0 Å². The maximum Gasteiger partial charge on any atom is 0.319 e. The van der Waals surface area contributed by atoms with Crippen molar-refractivity contribution in [3.63, 3.8) is 0 Å². The average molecular weight is 319 g/mol. The monoisotopic (exact) mass is 319 g/mol. The molecule has 1 aliphatic heterocycles. The summed E-state index contributed by atoms with van der Waals surface area (Å²) in [6.45, 7) is 5.66. The zero-order valence-corrected chi connectivity index (χ0v) is 13.7. The highest BCUT2D eigenvalue weighted by atomic mass is 32.1. The lowest BCUT2D eigenvalue weighted by Crippen LogP contribution is -2.42. The predicted octanol–water partition coefficient (Wildman–Crippen LogP) is 3.72. The number of nitrogens with zero attached hydrogens (tertiary/aromatic N) is 1. The molecule has 22 heavy (non-hydrogen) atoms. The van der Waals surface area contributed by atoms with E-state index in [1.165, 1.54) is 0 Å². The number of aromatic nitrogens is 1. The Hall–Kier alpha value is -1.66. The molecular weight excluding hydrogens is 298 g/mol. The second kappa shape index (κ2) is 6.62. The first-order valence-corrected chi connectivity index (χ1v) is 8.49. The number of rotatable bonds is 3. The van der Waals surface area contributed by atoms with Crippen LogP contribution in [0.15, 0.2) is 18.2 Å². The summed E-state index contributed by atoms with van der Waals surface area (Å²) in [6.07, 6.45) is 1.97. The second-order valence-electron chi connectivity index (χ2n) is 5.90. The van der Waals surface area contributed by atoms with Crippen molar-refractivity contribution in [2.24, 2.45) is 0 Å². The molecule has 1 atom stereocenters. The van der Waals surface area contributed by atoms with Crippen molar-refractivity contribution in [1.82, 2.24) is 10.3 Å². The fourth-order valence-electron chi connectivity index (χ4n) is 2.47. The summed E-state index contributed by atoms with van der Waals surface area (Å²) in [7, 11) is 0. The van der Waals surface area contributed by atoms with E-state index in [0.717, 1.165) is 40.4 Å². The first kappa shape index (κ1) is 15.2. The molecule has 5 nitrogen and oxygen atoms in total. The van der Waals surface area contributed by atoms with E-state index < -0.39 is 0 Å². The molecule has 0 radical (unpaired) electrons. The van der Waals surface area contributed by atoms with Gasteiger partial charge in [-0.15, -0.1) is 11.3 Å². The molecule has 118 valence electrons. The standard InChI is InChI=1S/C16H21N3O2S/c1-10(2)15-19-13-6-5-11(8-14(13)22-15)17-16(20)18-12-4-3-7-21-9-12/h5-6,8,10,12H,3-4,7,9H2,1-2H3,(H2,17,18,20)/t12-/m0/s1. The molecule has 0 spiro atoms. The van der Waals surface area contributed by atoms with Crippen LogP contribution in [0.4, 0.5) is 10.5 Å². The van der Waals surface area contributed by atoms with Crippen LogP contribution in [-0.2, 0) is 4.74 Å². The Morgan fingerprint density at radius 1 is 1.45 bits per heavy atom. The zero-order valence-electron chi connectivity index (χ0n) is 12.9. The van der Waals surface area contributed by atoms with Crippen molar-refractivity contribution in [3.8, 4) is 0 Å². The van der Waals surface area contributed by atoms with Crippen LogP contribution in [0.5, 0.6) is 0 Å². The minimum atomic E-state index is -0.177. The van der Waals surface area contributed by atoms with Crippen molar-refractivity contribution >= 4 is 33.3 Å². The number of carbonyl (C=O) groups is 1. The van der Waals surface area contributed by atoms with E-state index in [4.69, 9.17) is 4.74 Å². The molecule has 0 unspecified atom stereocenters. The molecule has 2 heterocycles. The summed E-state index contributed by atoms with van der Waals surface area (Å²) in [5.74, 6) is 0.420. The van der Waals surface area contributed by atoms with Crippen LogP contribution >= 0.6 is 11.3 Å². The molecule has 2 amide bonds. The van der Waals surface area contributed by atoms with Gasteiger partial charge in [-0.25, -0.2) is 9.78 Å². The lowest BCUT2D eigenvalue weighted by Gasteiger charge is -2.23. The lowest BCUT2D eigenvalue weighted by atomic mass is 10.1. The van der Waals surface area contributed by atoms with E-state index in [1.54, 1.807) is 11.3 Å². The van der Waals surface area contributed by atoms with Gasteiger partial charge in [0.2, 0.25) is 0 Å². The Morgan fingerprint density at radius 3 is 3.05 bits per heavy atom. The van der Waals surface area contributed by atoms with E-state index in [2.05, 4.69) is 29.5 Å². The lowest BCUT2D eigenvalue weighted by molar-refractivity contribution is 0.0739. The third kappa shape index (κ3) is 3.56. The third-order valence-electron chi connectivity index (χ3n) is 3.65. The minimum absolute atomic E-state index is 0.105. The van der Waals surface area contributed by atoms with Crippen LogP contribution in [0.3, 0.4) is 0 Å². The average Bonchev–Trinajstić information content (AvgIpc) is 2.91. The maximum atomic E-state index is 12.0. The fraction of sp³-hybridized carbons (Fsp3) is 0.500. The topological polar surface area (TPSA) is 63.2 Å².